The minimum atomic E-state index is -1.44. The van der Waals surface area contributed by atoms with Crippen LogP contribution in [0.4, 0.5) is 10.6 Å². The van der Waals surface area contributed by atoms with Crippen LogP contribution in [-0.2, 0) is 35.1 Å². The van der Waals surface area contributed by atoms with Crippen LogP contribution in [0.3, 0.4) is 0 Å². The molecule has 270 valence electrons. The lowest BCUT2D eigenvalue weighted by Crippen LogP contribution is -2.59. The standard InChI is InChI=1S/C37H45N7O7/c1-36(2,3)51-35(49)42-37(4,5)34(48)40-27(19-24-20-38-26-16-11-10-15-25(24)26)31(45)41-29-21-43(22-39-29)30(23-13-8-7-9-14-23)32(46)44-18-12-17-28(44)33(47)50-6/h7-11,13-16,20-22,27-28,30,38H,12,17-19H2,1-6H3,(H,40,48)(H,41,45)(H,42,49)/t27-,28-,30?/m1/s1. The number of nitrogens with zero attached hydrogens (tertiary/aromatic N) is 3. The monoisotopic (exact) mass is 699 g/mol. The second-order valence-corrected chi connectivity index (χ2v) is 14.1. The largest absolute Gasteiger partial charge is 0.467 e. The van der Waals surface area contributed by atoms with Crippen LogP contribution in [0.25, 0.3) is 10.9 Å². The van der Waals surface area contributed by atoms with Crippen LogP contribution in [0.2, 0.25) is 0 Å². The third-order valence-corrected chi connectivity index (χ3v) is 8.61. The molecule has 4 aromatic rings. The average Bonchev–Trinajstić information content (AvgIpc) is 3.84. The number of alkyl carbamates (subject to hydrolysis) is 1. The first-order valence-electron chi connectivity index (χ1n) is 16.8. The quantitative estimate of drug-likeness (QED) is 0.169. The summed E-state index contributed by atoms with van der Waals surface area (Å²) in [5.74, 6) is -1.82. The molecule has 4 amide bonds. The number of imidazole rings is 1. The van der Waals surface area contributed by atoms with E-state index in [-0.39, 0.29) is 18.1 Å². The first-order chi connectivity index (χ1) is 24.2. The third-order valence-electron chi connectivity index (χ3n) is 8.61. The van der Waals surface area contributed by atoms with E-state index in [1.807, 2.05) is 54.6 Å². The van der Waals surface area contributed by atoms with Crippen molar-refractivity contribution < 1.29 is 33.4 Å². The number of amides is 4. The summed E-state index contributed by atoms with van der Waals surface area (Å²) in [4.78, 5) is 75.8. The Labute approximate surface area is 296 Å². The number of ether oxygens (including phenoxy) is 2. The minimum absolute atomic E-state index is 0.111. The zero-order valence-electron chi connectivity index (χ0n) is 29.7. The van der Waals surface area contributed by atoms with Gasteiger partial charge in [-0.3, -0.25) is 14.4 Å². The van der Waals surface area contributed by atoms with E-state index in [9.17, 15) is 24.0 Å². The molecule has 0 spiro atoms. The smallest absolute Gasteiger partial charge is 0.408 e. The highest BCUT2D eigenvalue weighted by Crippen LogP contribution is 2.28. The minimum Gasteiger partial charge on any atom is -0.467 e. The van der Waals surface area contributed by atoms with E-state index in [4.69, 9.17) is 9.47 Å². The molecule has 3 heterocycles. The molecule has 0 saturated carbocycles. The van der Waals surface area contributed by atoms with Gasteiger partial charge in [0.05, 0.1) is 13.4 Å². The Hall–Kier alpha value is -5.66. The molecule has 0 bridgehead atoms. The number of esters is 1. The van der Waals surface area contributed by atoms with Crippen LogP contribution >= 0.6 is 0 Å². The maximum atomic E-state index is 14.1. The number of nitrogens with one attached hydrogen (secondary N) is 4. The number of anilines is 1. The van der Waals surface area contributed by atoms with Crippen molar-refractivity contribution in [2.45, 2.75) is 83.1 Å². The van der Waals surface area contributed by atoms with Crippen LogP contribution < -0.4 is 16.0 Å². The molecule has 1 saturated heterocycles. The summed E-state index contributed by atoms with van der Waals surface area (Å²) < 4.78 is 11.9. The van der Waals surface area contributed by atoms with Crippen molar-refractivity contribution in [3.8, 4) is 0 Å². The number of carbonyl (C=O) groups excluding carboxylic acids is 5. The number of aromatic nitrogens is 3. The van der Waals surface area contributed by atoms with Gasteiger partial charge in [0.25, 0.3) is 5.91 Å². The number of hydrogen-bond acceptors (Lipinski definition) is 8. The Morgan fingerprint density at radius 3 is 2.41 bits per heavy atom. The van der Waals surface area contributed by atoms with Crippen LogP contribution in [0, 0.1) is 0 Å². The summed E-state index contributed by atoms with van der Waals surface area (Å²) in [7, 11) is 1.30. The number of hydrogen-bond donors (Lipinski definition) is 4. The number of aromatic amines is 1. The van der Waals surface area contributed by atoms with E-state index < -0.39 is 53.1 Å². The lowest BCUT2D eigenvalue weighted by molar-refractivity contribution is -0.151. The number of rotatable bonds is 11. The molecule has 5 rings (SSSR count). The molecule has 0 aliphatic carbocycles. The Kier molecular flexibility index (Phi) is 10.8. The number of likely N-dealkylation sites (tertiary alicyclic amines) is 1. The van der Waals surface area contributed by atoms with Crippen LogP contribution in [0.1, 0.15) is 64.6 Å². The fourth-order valence-electron chi connectivity index (χ4n) is 6.09. The average molecular weight is 700 g/mol. The zero-order valence-corrected chi connectivity index (χ0v) is 29.7. The van der Waals surface area contributed by atoms with Crippen molar-refractivity contribution in [1.82, 2.24) is 30.1 Å². The normalized spacial score (nSPS) is 15.9. The second-order valence-electron chi connectivity index (χ2n) is 14.1. The molecule has 1 unspecified atom stereocenters. The molecular formula is C37H45N7O7. The summed E-state index contributed by atoms with van der Waals surface area (Å²) in [5.41, 5.74) is 0.100. The van der Waals surface area contributed by atoms with Gasteiger partial charge < -0.3 is 39.9 Å². The molecule has 2 aromatic carbocycles. The van der Waals surface area contributed by atoms with Gasteiger partial charge in [0.1, 0.15) is 29.3 Å². The van der Waals surface area contributed by atoms with E-state index in [0.717, 1.165) is 16.5 Å². The molecule has 1 fully saturated rings. The molecule has 14 heteroatoms. The number of benzene rings is 2. The molecule has 3 atom stereocenters. The van der Waals surface area contributed by atoms with E-state index in [1.165, 1.54) is 38.4 Å². The van der Waals surface area contributed by atoms with E-state index >= 15 is 0 Å². The summed E-state index contributed by atoms with van der Waals surface area (Å²) >= 11 is 0. The van der Waals surface area contributed by atoms with Crippen molar-refractivity contribution in [3.05, 3.63) is 84.4 Å². The van der Waals surface area contributed by atoms with Gasteiger partial charge in [-0.2, -0.15) is 0 Å². The van der Waals surface area contributed by atoms with Crippen molar-refractivity contribution in [2.24, 2.45) is 0 Å². The van der Waals surface area contributed by atoms with Gasteiger partial charge in [0.2, 0.25) is 11.8 Å². The van der Waals surface area contributed by atoms with Gasteiger partial charge >= 0.3 is 12.1 Å². The van der Waals surface area contributed by atoms with Gasteiger partial charge in [0, 0.05) is 36.3 Å². The zero-order chi connectivity index (χ0) is 36.9. The molecule has 2 aromatic heterocycles. The van der Waals surface area contributed by atoms with Crippen LogP contribution in [-0.4, -0.2) is 86.1 Å². The Morgan fingerprint density at radius 1 is 1.00 bits per heavy atom. The number of para-hydroxylation sites is 1. The number of H-pyrrole nitrogens is 1. The molecule has 1 aliphatic heterocycles. The first-order valence-corrected chi connectivity index (χ1v) is 16.8. The van der Waals surface area contributed by atoms with Gasteiger partial charge in [-0.1, -0.05) is 48.5 Å². The summed E-state index contributed by atoms with van der Waals surface area (Å²) in [6.45, 7) is 8.57. The number of carbonyl (C=O) groups is 5. The molecular weight excluding hydrogens is 654 g/mol. The van der Waals surface area contributed by atoms with Crippen molar-refractivity contribution in [2.75, 3.05) is 19.0 Å². The molecule has 4 N–H and O–H groups in total. The van der Waals surface area contributed by atoms with Crippen molar-refractivity contribution in [1.29, 1.82) is 0 Å². The van der Waals surface area contributed by atoms with Crippen LogP contribution in [0.15, 0.2) is 73.3 Å². The Bertz CT molecular complexity index is 1890. The lowest BCUT2D eigenvalue weighted by atomic mass is 10.0. The Morgan fingerprint density at radius 2 is 1.71 bits per heavy atom. The lowest BCUT2D eigenvalue weighted by Gasteiger charge is -2.29. The van der Waals surface area contributed by atoms with Gasteiger partial charge in [0.15, 0.2) is 5.82 Å². The first kappa shape index (κ1) is 36.6. The third kappa shape index (κ3) is 8.74. The predicted octanol–water partition coefficient (Wildman–Crippen LogP) is 4.09. The van der Waals surface area contributed by atoms with Gasteiger partial charge in [-0.25, -0.2) is 14.6 Å². The number of fused-ring (bicyclic) bond motifs is 1. The van der Waals surface area contributed by atoms with E-state index in [0.29, 0.717) is 24.9 Å². The van der Waals surface area contributed by atoms with Gasteiger partial charge in [-0.05, 0) is 64.7 Å². The fourth-order valence-corrected chi connectivity index (χ4v) is 6.09. The molecule has 51 heavy (non-hydrogen) atoms. The number of methoxy groups -OCH3 is 1. The fraction of sp³-hybridized carbons (Fsp3) is 0.405. The highest BCUT2D eigenvalue weighted by atomic mass is 16.6. The maximum Gasteiger partial charge on any atom is 0.408 e. The Balaban J connectivity index is 1.40. The SMILES string of the molecule is COC(=O)[C@H]1CCCN1C(=O)C(c1ccccc1)n1cnc(NC(=O)[C@@H](Cc2c[nH]c3ccccc23)NC(=O)C(C)(C)NC(=O)OC(C)(C)C)c1. The highest BCUT2D eigenvalue weighted by Gasteiger charge is 2.39. The van der Waals surface area contributed by atoms with Gasteiger partial charge in [-0.15, -0.1) is 0 Å². The van der Waals surface area contributed by atoms with E-state index in [2.05, 4.69) is 25.9 Å². The van der Waals surface area contributed by atoms with Crippen molar-refractivity contribution in [3.63, 3.8) is 0 Å². The summed E-state index contributed by atoms with van der Waals surface area (Å²) in [5, 5.41) is 9.07. The van der Waals surface area contributed by atoms with E-state index in [1.54, 1.807) is 31.5 Å². The predicted molar refractivity (Wildman–Crippen MR) is 190 cm³/mol. The van der Waals surface area contributed by atoms with Crippen LogP contribution in [0.5, 0.6) is 0 Å². The molecule has 14 nitrogen and oxygen atoms in total. The summed E-state index contributed by atoms with van der Waals surface area (Å²) in [6, 6.07) is 14.0. The van der Waals surface area contributed by atoms with Crippen molar-refractivity contribution >= 4 is 46.5 Å². The second kappa shape index (κ2) is 15.1. The highest BCUT2D eigenvalue weighted by molar-refractivity contribution is 5.99. The topological polar surface area (TPSA) is 177 Å². The summed E-state index contributed by atoms with van der Waals surface area (Å²) in [6.07, 6.45) is 5.25. The molecule has 1 aliphatic rings. The maximum absolute atomic E-state index is 14.1. The molecule has 0 radical (unpaired) electrons.